The zero-order chi connectivity index (χ0) is 14.5. The first-order valence-electron chi connectivity index (χ1n) is 7.10. The van der Waals surface area contributed by atoms with E-state index in [1.807, 2.05) is 6.08 Å². The van der Waals surface area contributed by atoms with Gasteiger partial charge in [0.2, 0.25) is 0 Å². The van der Waals surface area contributed by atoms with E-state index in [1.54, 1.807) is 0 Å². The molecule has 0 bridgehead atoms. The maximum atomic E-state index is 10.4. The highest BCUT2D eigenvalue weighted by Gasteiger charge is 2.34. The summed E-state index contributed by atoms with van der Waals surface area (Å²) in [6, 6.07) is 0. The third-order valence-corrected chi connectivity index (χ3v) is 3.62. The van der Waals surface area contributed by atoms with E-state index in [4.69, 9.17) is 15.8 Å². The molecule has 0 unspecified atom stereocenters. The van der Waals surface area contributed by atoms with Crippen molar-refractivity contribution in [1.29, 1.82) is 0 Å². The van der Waals surface area contributed by atoms with Crippen LogP contribution < -0.4 is 5.90 Å². The van der Waals surface area contributed by atoms with Crippen LogP contribution in [-0.2, 0) is 9.63 Å². The topological polar surface area (TPSA) is 72.5 Å². The van der Waals surface area contributed by atoms with Crippen molar-refractivity contribution < 1.29 is 14.7 Å². The first-order valence-corrected chi connectivity index (χ1v) is 7.10. The number of nitrogens with two attached hydrogens (primary N) is 1. The first-order chi connectivity index (χ1) is 8.81. The zero-order valence-corrected chi connectivity index (χ0v) is 12.3. The molecule has 1 saturated carbocycles. The van der Waals surface area contributed by atoms with Gasteiger partial charge in [0.25, 0.3) is 0 Å². The fourth-order valence-electron chi connectivity index (χ4n) is 2.81. The van der Waals surface area contributed by atoms with Crippen LogP contribution in [0.1, 0.15) is 59.3 Å². The van der Waals surface area contributed by atoms with Gasteiger partial charge in [-0.2, -0.15) is 5.90 Å². The summed E-state index contributed by atoms with van der Waals surface area (Å²) in [5.41, 5.74) is 0.380. The highest BCUT2D eigenvalue weighted by atomic mass is 16.6. The number of carbonyl (C=O) groups is 1. The average Bonchev–Trinajstić information content (AvgIpc) is 2.22. The number of carboxylic acids is 1. The first kappa shape index (κ1) is 16.0. The highest BCUT2D eigenvalue weighted by molar-refractivity contribution is 5.66. The molecule has 3 N–H and O–H groups in total. The van der Waals surface area contributed by atoms with E-state index < -0.39 is 5.97 Å². The van der Waals surface area contributed by atoms with Gasteiger partial charge in [-0.15, -0.1) is 0 Å². The molecule has 0 heterocycles. The summed E-state index contributed by atoms with van der Waals surface area (Å²) in [5, 5.41) is 8.57. The van der Waals surface area contributed by atoms with Crippen LogP contribution >= 0.6 is 0 Å². The van der Waals surface area contributed by atoms with Crippen molar-refractivity contribution in [1.82, 2.24) is 0 Å². The molecule has 1 fully saturated rings. The van der Waals surface area contributed by atoms with E-state index in [2.05, 4.69) is 20.8 Å². The quantitative estimate of drug-likeness (QED) is 0.421. The molecule has 4 nitrogen and oxygen atoms in total. The minimum Gasteiger partial charge on any atom is -0.481 e. The fraction of sp³-hybridized carbons (Fsp3) is 0.800. The summed E-state index contributed by atoms with van der Waals surface area (Å²) >= 11 is 0. The number of unbranched alkanes of at least 4 members (excludes halogenated alkanes) is 1. The Morgan fingerprint density at radius 3 is 2.53 bits per heavy atom. The molecule has 1 rings (SSSR count). The molecule has 0 radical (unpaired) electrons. The van der Waals surface area contributed by atoms with Crippen molar-refractivity contribution in [3.8, 4) is 0 Å². The molecule has 0 amide bonds. The zero-order valence-electron chi connectivity index (χ0n) is 12.3. The van der Waals surface area contributed by atoms with Gasteiger partial charge in [-0.3, -0.25) is 4.79 Å². The van der Waals surface area contributed by atoms with Crippen LogP contribution in [0.25, 0.3) is 0 Å². The van der Waals surface area contributed by atoms with Crippen molar-refractivity contribution >= 4 is 5.97 Å². The maximum absolute atomic E-state index is 10.4. The van der Waals surface area contributed by atoms with Crippen LogP contribution in [0, 0.1) is 17.3 Å². The molecule has 19 heavy (non-hydrogen) atoms. The Kier molecular flexibility index (Phi) is 5.85. The summed E-state index contributed by atoms with van der Waals surface area (Å²) in [5.74, 6) is 6.60. The number of allylic oxidation sites excluding steroid dienone is 2. The Balaban J connectivity index is 2.30. The van der Waals surface area contributed by atoms with Crippen LogP contribution in [0.3, 0.4) is 0 Å². The van der Waals surface area contributed by atoms with Crippen LogP contribution in [0.4, 0.5) is 0 Å². The predicted molar refractivity (Wildman–Crippen MR) is 75.1 cm³/mol. The Labute approximate surface area is 116 Å². The summed E-state index contributed by atoms with van der Waals surface area (Å²) in [4.78, 5) is 15.4. The number of hydrogen-bond donors (Lipinski definition) is 2. The highest BCUT2D eigenvalue weighted by Crippen LogP contribution is 2.44. The summed E-state index contributed by atoms with van der Waals surface area (Å²) < 4.78 is 0. The van der Waals surface area contributed by atoms with Crippen molar-refractivity contribution in [2.75, 3.05) is 0 Å². The van der Waals surface area contributed by atoms with Crippen LogP contribution in [0.15, 0.2) is 11.8 Å². The van der Waals surface area contributed by atoms with E-state index in [-0.39, 0.29) is 6.42 Å². The fourth-order valence-corrected chi connectivity index (χ4v) is 2.81. The maximum Gasteiger partial charge on any atom is 0.303 e. The molecule has 0 aromatic heterocycles. The Hall–Kier alpha value is -1.03. The second-order valence-electron chi connectivity index (χ2n) is 6.81. The Bertz CT molecular complexity index is 325. The molecule has 0 atom stereocenters. The van der Waals surface area contributed by atoms with E-state index in [0.29, 0.717) is 17.8 Å². The molecule has 0 spiro atoms. The number of rotatable bonds is 7. The molecule has 1 aliphatic rings. The summed E-state index contributed by atoms with van der Waals surface area (Å²) in [6.07, 6.45) is 7.03. The van der Waals surface area contributed by atoms with Crippen LogP contribution in [-0.4, -0.2) is 11.1 Å². The molecular formula is C15H27NO3. The van der Waals surface area contributed by atoms with E-state index in [1.165, 1.54) is 6.42 Å². The largest absolute Gasteiger partial charge is 0.481 e. The number of aliphatic carboxylic acids is 1. The van der Waals surface area contributed by atoms with Crippen LogP contribution in [0.5, 0.6) is 0 Å². The monoisotopic (exact) mass is 269 g/mol. The van der Waals surface area contributed by atoms with Crippen molar-refractivity contribution in [3.05, 3.63) is 11.8 Å². The molecule has 110 valence electrons. The van der Waals surface area contributed by atoms with Gasteiger partial charge in [-0.1, -0.05) is 20.8 Å². The molecule has 0 aromatic carbocycles. The smallest absolute Gasteiger partial charge is 0.303 e. The molecular weight excluding hydrogens is 242 g/mol. The Morgan fingerprint density at radius 2 is 2.05 bits per heavy atom. The van der Waals surface area contributed by atoms with Gasteiger partial charge in [0.1, 0.15) is 5.76 Å². The molecule has 0 aliphatic heterocycles. The lowest BCUT2D eigenvalue weighted by molar-refractivity contribution is -0.137. The summed E-state index contributed by atoms with van der Waals surface area (Å²) in [6.45, 7) is 6.80. The second-order valence-corrected chi connectivity index (χ2v) is 6.81. The summed E-state index contributed by atoms with van der Waals surface area (Å²) in [7, 11) is 0. The normalized spacial score (nSPS) is 23.9. The molecule has 0 aromatic rings. The lowest BCUT2D eigenvalue weighted by Gasteiger charge is -2.39. The van der Waals surface area contributed by atoms with Gasteiger partial charge in [0, 0.05) is 12.3 Å². The number of hydrogen-bond acceptors (Lipinski definition) is 3. The van der Waals surface area contributed by atoms with E-state index >= 15 is 0 Å². The molecule has 1 aliphatic carbocycles. The van der Waals surface area contributed by atoms with Gasteiger partial charge in [0.05, 0.1) is 0 Å². The third-order valence-electron chi connectivity index (χ3n) is 3.62. The van der Waals surface area contributed by atoms with E-state index in [0.717, 1.165) is 30.9 Å². The number of carboxylic acid groups (broad SMARTS) is 1. The minimum absolute atomic E-state index is 0.200. The van der Waals surface area contributed by atoms with Gasteiger partial charge < -0.3 is 9.94 Å². The van der Waals surface area contributed by atoms with Crippen molar-refractivity contribution in [2.24, 2.45) is 23.1 Å². The lowest BCUT2D eigenvalue weighted by atomic mass is 9.67. The second kappa shape index (κ2) is 6.94. The van der Waals surface area contributed by atoms with E-state index in [9.17, 15) is 4.79 Å². The molecule has 0 saturated heterocycles. The standard InChI is InChI=1S/C15H27NO3/c1-15(2,3)10-11-8-12(9-11)13(19-16)6-4-5-7-14(17)18/h6,11-12H,4-5,7-10,16H2,1-3H3,(H,17,18)/b13-6-. The van der Waals surface area contributed by atoms with Gasteiger partial charge in [0.15, 0.2) is 0 Å². The predicted octanol–water partition coefficient (Wildman–Crippen LogP) is 3.48. The van der Waals surface area contributed by atoms with Gasteiger partial charge >= 0.3 is 5.97 Å². The third kappa shape index (κ3) is 6.10. The van der Waals surface area contributed by atoms with Gasteiger partial charge in [-0.05, 0) is 49.5 Å². The Morgan fingerprint density at radius 1 is 1.42 bits per heavy atom. The van der Waals surface area contributed by atoms with Crippen molar-refractivity contribution in [3.63, 3.8) is 0 Å². The molecule has 4 heteroatoms. The lowest BCUT2D eigenvalue weighted by Crippen LogP contribution is -2.30. The van der Waals surface area contributed by atoms with Gasteiger partial charge in [-0.25, -0.2) is 0 Å². The SMILES string of the molecule is CC(C)(C)CC1CC(/C(=C/CCCC(=O)O)ON)C1. The van der Waals surface area contributed by atoms with Crippen molar-refractivity contribution in [2.45, 2.75) is 59.3 Å². The van der Waals surface area contributed by atoms with Crippen LogP contribution in [0.2, 0.25) is 0 Å². The average molecular weight is 269 g/mol. The minimum atomic E-state index is -0.752.